The molecule has 0 atom stereocenters. The molecule has 2 aliphatic heterocycles. The third-order valence-corrected chi connectivity index (χ3v) is 21.5. The molecule has 5 nitrogen and oxygen atoms in total. The van der Waals surface area contributed by atoms with Gasteiger partial charge in [0, 0.05) is 83.1 Å². The van der Waals surface area contributed by atoms with Gasteiger partial charge in [-0.25, -0.2) is 0 Å². The molecule has 0 spiro atoms. The maximum Gasteiger partial charge on any atom is 0.221 e. The van der Waals surface area contributed by atoms with Crippen LogP contribution in [-0.2, 0) is 22.6 Å². The maximum absolute atomic E-state index is 10.1. The Labute approximate surface area is 620 Å². The van der Waals surface area contributed by atoms with Crippen molar-refractivity contribution in [1.29, 1.82) is 0 Å². The quantitative estimate of drug-likeness (QED) is 0.141. The van der Waals surface area contributed by atoms with E-state index < -0.39 is 60.5 Å². The van der Waals surface area contributed by atoms with Gasteiger partial charge in [-0.05, 0) is 182 Å². The van der Waals surface area contributed by atoms with Crippen LogP contribution in [0.25, 0.3) is 116 Å². The second-order valence-electron chi connectivity index (χ2n) is 30.8. The summed E-state index contributed by atoms with van der Waals surface area (Å²) in [6, 6.07) is 78.6. The first-order chi connectivity index (χ1) is 55.0. The van der Waals surface area contributed by atoms with Crippen LogP contribution >= 0.6 is 0 Å². The molecule has 0 radical (unpaired) electrons. The van der Waals surface area contributed by atoms with E-state index in [1.54, 1.807) is 4.57 Å². The van der Waals surface area contributed by atoms with Gasteiger partial charge in [-0.1, -0.05) is 262 Å². The van der Waals surface area contributed by atoms with Crippen molar-refractivity contribution < 1.29 is 16.4 Å². The molecule has 17 aromatic rings. The number of fused-ring (bicyclic) bond motifs is 12. The normalized spacial score (nSPS) is 14.8. The van der Waals surface area contributed by atoms with Crippen molar-refractivity contribution in [2.24, 2.45) is 0 Å². The van der Waals surface area contributed by atoms with E-state index in [0.29, 0.717) is 39.5 Å². The first kappa shape index (κ1) is 50.5. The molecule has 496 valence electrons. The van der Waals surface area contributed by atoms with E-state index in [4.69, 9.17) is 2.74 Å². The van der Waals surface area contributed by atoms with Crippen LogP contribution in [-0.4, -0.2) is 20.4 Å². The number of nitrogens with zero attached hydrogens (tertiary/aromatic N) is 5. The van der Waals surface area contributed by atoms with E-state index in [1.165, 1.54) is 0 Å². The zero-order chi connectivity index (χ0) is 80.2. The van der Waals surface area contributed by atoms with Crippen molar-refractivity contribution in [2.45, 2.75) is 84.9 Å². The van der Waals surface area contributed by atoms with Gasteiger partial charge < -0.3 is 23.5 Å². The number of anilines is 6. The Hall–Kier alpha value is -11.9. The smallest absolute Gasteiger partial charge is 0.221 e. The Bertz CT molecular complexity index is 6860. The molecule has 19 rings (SSSR count). The van der Waals surface area contributed by atoms with E-state index in [1.807, 2.05) is 53.1 Å². The molecular weight excluding hydrogens is 1250 g/mol. The van der Waals surface area contributed by atoms with Gasteiger partial charge in [-0.3, -0.25) is 0 Å². The Kier molecular flexibility index (Phi) is 11.4. The SMILES string of the molecule is [2H]c1c([2H])c([2H])c2c(c1[2H])c1cc(-n3c4ccccc4c4ccccc43)ccc1n2-c1ccc2c(c1)N(c1ccc(C(C)(C)C)cc1-c1ccccc1)c1cc(C(C)(C)C)cc3c1B(C2)c1ccc(-n2c4c([2H])c([2H])c([2H])c([2H])c4c4c([2H])c([2H])c([2H])c([2H])c42)cc1N3c1c(-c2ccccc2)cc(C(C)(C)C)cc1-c1ccccc1. The topological polar surface area (TPSA) is 21.3 Å². The zero-order valence-corrected chi connectivity index (χ0v) is 59.0. The van der Waals surface area contributed by atoms with Gasteiger partial charge in [-0.15, -0.1) is 0 Å². The first-order valence-corrected chi connectivity index (χ1v) is 35.6. The van der Waals surface area contributed by atoms with Crippen molar-refractivity contribution in [3.05, 3.63) is 331 Å². The highest BCUT2D eigenvalue weighted by Gasteiger charge is 2.44. The standard InChI is InChI=1S/C97H80BN5/c1-95(2,3)66-46-51-87(77(53-66)62-29-13-10-14-30-62)102-89-59-70(101-86-44-28-23-39-76(86)80-58-69(49-52-88(80)101)99-82-40-24-19-35-72(82)73-36-20-25-41-83(73)99)47-45-65(89)61-98-81-50-48-71(100-84-42-26-21-37-74(84)75-38-22-27-43-85(75)100)60-90(81)103(92-57-68(97(7,8)9)56-91(102)93(92)98)94-78(63-31-15-11-16-32-63)54-67(96(4,5)6)55-79(94)64-33-17-12-18-34-64/h10-60H,61H2,1-9H3/i21D,22D,23D,26D,27D,28D,37D,38D,39D,42D,43D,44D. The number of hydrogen-bond acceptors (Lipinski definition) is 2. The maximum atomic E-state index is 10.1. The van der Waals surface area contributed by atoms with Crippen molar-refractivity contribution in [1.82, 2.24) is 13.7 Å². The summed E-state index contributed by atoms with van der Waals surface area (Å²) in [4.78, 5) is 4.87. The van der Waals surface area contributed by atoms with Crippen LogP contribution in [0.15, 0.2) is 309 Å². The molecule has 6 heteroatoms. The highest BCUT2D eigenvalue weighted by Crippen LogP contribution is 2.55. The lowest BCUT2D eigenvalue weighted by atomic mass is 9.36. The third kappa shape index (κ3) is 9.96. The van der Waals surface area contributed by atoms with E-state index in [2.05, 4.69) is 265 Å². The van der Waals surface area contributed by atoms with E-state index in [-0.39, 0.29) is 56.8 Å². The minimum absolute atomic E-state index is 0.0152. The minimum Gasteiger partial charge on any atom is -0.310 e. The molecule has 14 aromatic carbocycles. The average Bonchev–Trinajstić information content (AvgIpc) is 1.65. The summed E-state index contributed by atoms with van der Waals surface area (Å²) in [5.41, 5.74) is 20.7. The minimum atomic E-state index is -0.546. The predicted octanol–water partition coefficient (Wildman–Crippen LogP) is 24.8. The fourth-order valence-electron chi connectivity index (χ4n) is 16.4. The van der Waals surface area contributed by atoms with Crippen molar-refractivity contribution in [3.8, 4) is 50.4 Å². The summed E-state index contributed by atoms with van der Waals surface area (Å²) in [5, 5.41) is 3.20. The molecule has 0 unspecified atom stereocenters. The van der Waals surface area contributed by atoms with E-state index in [0.717, 1.165) is 128 Å². The number of benzene rings is 14. The van der Waals surface area contributed by atoms with Crippen LogP contribution in [0.3, 0.4) is 0 Å². The summed E-state index contributed by atoms with van der Waals surface area (Å²) >= 11 is 0. The molecule has 3 aromatic heterocycles. The lowest BCUT2D eigenvalue weighted by Crippen LogP contribution is -2.52. The third-order valence-electron chi connectivity index (χ3n) is 21.5. The van der Waals surface area contributed by atoms with Gasteiger partial charge >= 0.3 is 0 Å². The number of rotatable bonds is 8. The van der Waals surface area contributed by atoms with Gasteiger partial charge in [0.15, 0.2) is 0 Å². The average molecular weight is 1340 g/mol. The lowest BCUT2D eigenvalue weighted by Gasteiger charge is -2.42. The summed E-state index contributed by atoms with van der Waals surface area (Å²) in [6.45, 7) is 19.7. The molecule has 2 aliphatic rings. The van der Waals surface area contributed by atoms with Crippen LogP contribution in [0.4, 0.5) is 34.1 Å². The van der Waals surface area contributed by atoms with Gasteiger partial charge in [0.25, 0.3) is 0 Å². The second kappa shape index (κ2) is 23.4. The molecule has 0 bridgehead atoms. The molecule has 0 aliphatic carbocycles. The highest BCUT2D eigenvalue weighted by atomic mass is 15.2. The van der Waals surface area contributed by atoms with Gasteiger partial charge in [0.1, 0.15) is 0 Å². The van der Waals surface area contributed by atoms with Crippen molar-refractivity contribution >= 4 is 117 Å². The van der Waals surface area contributed by atoms with Crippen LogP contribution in [0.5, 0.6) is 0 Å². The molecule has 0 saturated carbocycles. The lowest BCUT2D eigenvalue weighted by molar-refractivity contribution is 0.590. The largest absolute Gasteiger partial charge is 0.310 e. The molecule has 0 amide bonds. The van der Waals surface area contributed by atoms with Gasteiger partial charge in [0.2, 0.25) is 6.71 Å². The second-order valence-corrected chi connectivity index (χ2v) is 30.8. The Morgan fingerprint density at radius 2 is 0.718 bits per heavy atom. The molecule has 5 heterocycles. The number of aromatic nitrogens is 3. The summed E-state index contributed by atoms with van der Waals surface area (Å²) in [6.07, 6.45) is 0.410. The van der Waals surface area contributed by atoms with Crippen LogP contribution < -0.4 is 20.7 Å². The van der Waals surface area contributed by atoms with E-state index in [9.17, 15) is 13.7 Å². The van der Waals surface area contributed by atoms with Crippen LogP contribution in [0, 0.1) is 0 Å². The van der Waals surface area contributed by atoms with Crippen molar-refractivity contribution in [2.75, 3.05) is 9.80 Å². The fourth-order valence-corrected chi connectivity index (χ4v) is 16.4. The molecule has 103 heavy (non-hydrogen) atoms. The Balaban J connectivity index is 0.971. The molecule has 0 saturated heterocycles. The monoisotopic (exact) mass is 1340 g/mol. The van der Waals surface area contributed by atoms with Crippen LogP contribution in [0.1, 0.15) is 101 Å². The summed E-state index contributed by atoms with van der Waals surface area (Å²) in [5.74, 6) is 0. The van der Waals surface area contributed by atoms with E-state index >= 15 is 0 Å². The van der Waals surface area contributed by atoms with Gasteiger partial charge in [0.05, 0.1) is 66.6 Å². The molecular formula is C97H80BN5. The Morgan fingerprint density at radius 1 is 0.301 bits per heavy atom. The predicted molar refractivity (Wildman–Crippen MR) is 440 cm³/mol. The van der Waals surface area contributed by atoms with Gasteiger partial charge in [-0.2, -0.15) is 0 Å². The molecule has 0 N–H and O–H groups in total. The Morgan fingerprint density at radius 3 is 1.27 bits per heavy atom. The summed E-state index contributed by atoms with van der Waals surface area (Å²) < 4.78 is 120. The number of hydrogen-bond donors (Lipinski definition) is 0. The fraction of sp³-hybridized carbons (Fsp3) is 0.134. The number of para-hydroxylation sites is 5. The summed E-state index contributed by atoms with van der Waals surface area (Å²) in [7, 11) is 0. The van der Waals surface area contributed by atoms with Crippen LogP contribution in [0.2, 0.25) is 0 Å². The first-order valence-electron chi connectivity index (χ1n) is 41.6. The van der Waals surface area contributed by atoms with Crippen molar-refractivity contribution in [3.63, 3.8) is 0 Å². The molecule has 0 fully saturated rings. The zero-order valence-electron chi connectivity index (χ0n) is 71.0. The highest BCUT2D eigenvalue weighted by molar-refractivity contribution is 6.89.